The van der Waals surface area contributed by atoms with Gasteiger partial charge in [-0.2, -0.15) is 0 Å². The fraction of sp³-hybridized carbons (Fsp3) is 0.824. The number of esters is 1. The van der Waals surface area contributed by atoms with E-state index in [0.717, 1.165) is 12.8 Å². The van der Waals surface area contributed by atoms with Gasteiger partial charge >= 0.3 is 12.1 Å². The highest BCUT2D eigenvalue weighted by Gasteiger charge is 2.36. The van der Waals surface area contributed by atoms with Crippen molar-refractivity contribution in [2.75, 3.05) is 32.9 Å². The molecular formula is C17H34N4O5. The molecule has 0 aromatic heterocycles. The van der Waals surface area contributed by atoms with Gasteiger partial charge in [0.15, 0.2) is 5.96 Å². The van der Waals surface area contributed by atoms with Crippen LogP contribution < -0.4 is 16.8 Å². The molecule has 1 amide bonds. The van der Waals surface area contributed by atoms with Gasteiger partial charge in [-0.15, -0.1) is 0 Å². The van der Waals surface area contributed by atoms with Crippen LogP contribution in [0.15, 0.2) is 4.99 Å². The minimum atomic E-state index is -1.35. The zero-order valence-electron chi connectivity index (χ0n) is 16.3. The Kier molecular flexibility index (Phi) is 11.4. The van der Waals surface area contributed by atoms with E-state index in [2.05, 4.69) is 31.1 Å². The van der Waals surface area contributed by atoms with Gasteiger partial charge in [0, 0.05) is 6.54 Å². The summed E-state index contributed by atoms with van der Waals surface area (Å²) in [7, 11) is 0. The Morgan fingerprint density at radius 2 is 1.88 bits per heavy atom. The lowest BCUT2D eigenvalue weighted by atomic mass is 9.93. The van der Waals surface area contributed by atoms with Crippen molar-refractivity contribution in [3.63, 3.8) is 0 Å². The maximum atomic E-state index is 12.0. The maximum absolute atomic E-state index is 12.0. The fourth-order valence-corrected chi connectivity index (χ4v) is 1.88. The van der Waals surface area contributed by atoms with Gasteiger partial charge in [-0.3, -0.25) is 9.79 Å². The summed E-state index contributed by atoms with van der Waals surface area (Å²) in [5, 5.41) is 12.1. The highest BCUT2D eigenvalue weighted by molar-refractivity contribution is 5.77. The zero-order valence-corrected chi connectivity index (χ0v) is 16.3. The van der Waals surface area contributed by atoms with Crippen LogP contribution in [0, 0.1) is 17.3 Å². The first kappa shape index (κ1) is 24.0. The average molecular weight is 374 g/mol. The van der Waals surface area contributed by atoms with Crippen LogP contribution in [0.25, 0.3) is 0 Å². The molecule has 26 heavy (non-hydrogen) atoms. The molecule has 0 saturated carbocycles. The van der Waals surface area contributed by atoms with Gasteiger partial charge in [0.25, 0.3) is 0 Å². The highest BCUT2D eigenvalue weighted by atomic mass is 16.6. The van der Waals surface area contributed by atoms with Gasteiger partial charge in [-0.1, -0.05) is 20.8 Å². The number of amides is 1. The van der Waals surface area contributed by atoms with Gasteiger partial charge in [0.2, 0.25) is 0 Å². The Bertz CT molecular complexity index is 466. The number of hydrogen-bond donors (Lipinski definition) is 4. The van der Waals surface area contributed by atoms with Gasteiger partial charge in [-0.05, 0) is 31.6 Å². The second kappa shape index (κ2) is 12.3. The minimum absolute atomic E-state index is 0.0352. The van der Waals surface area contributed by atoms with E-state index in [0.29, 0.717) is 18.4 Å². The number of rotatable bonds is 12. The van der Waals surface area contributed by atoms with Crippen molar-refractivity contribution in [1.82, 2.24) is 5.32 Å². The molecule has 9 nitrogen and oxygen atoms in total. The van der Waals surface area contributed by atoms with Crippen LogP contribution in [-0.2, 0) is 14.3 Å². The number of ether oxygens (including phenoxy) is 2. The van der Waals surface area contributed by atoms with Gasteiger partial charge in [0.05, 0.1) is 13.2 Å². The van der Waals surface area contributed by atoms with Crippen molar-refractivity contribution in [2.24, 2.45) is 33.7 Å². The number of carbonyl (C=O) groups is 2. The van der Waals surface area contributed by atoms with Crippen LogP contribution in [0.1, 0.15) is 40.5 Å². The normalized spacial score (nSPS) is 14.2. The van der Waals surface area contributed by atoms with Gasteiger partial charge in [-0.25, -0.2) is 4.79 Å². The van der Waals surface area contributed by atoms with E-state index in [9.17, 15) is 14.7 Å². The summed E-state index contributed by atoms with van der Waals surface area (Å²) >= 11 is 0. The second-order valence-electron chi connectivity index (χ2n) is 7.03. The molecule has 0 aliphatic carbocycles. The number of nitrogens with zero attached hydrogens (tertiary/aromatic N) is 1. The number of nitrogens with two attached hydrogens (primary N) is 2. The van der Waals surface area contributed by atoms with E-state index in [1.807, 2.05) is 0 Å². The van der Waals surface area contributed by atoms with Crippen LogP contribution in [0.5, 0.6) is 0 Å². The number of carbonyl (C=O) groups excluding carboxylic acids is 2. The molecule has 152 valence electrons. The molecule has 9 heteroatoms. The SMILES string of the molecule is CC(C)[C@H](C)CCCNC(=O)OCC(C)(CO)C(=O)OCCN=C(N)N. The quantitative estimate of drug-likeness (QED) is 0.169. The summed E-state index contributed by atoms with van der Waals surface area (Å²) in [5.74, 6) is 0.391. The molecule has 0 aromatic rings. The summed E-state index contributed by atoms with van der Waals surface area (Å²) in [6.07, 6.45) is 1.22. The summed E-state index contributed by atoms with van der Waals surface area (Å²) in [6.45, 7) is 7.72. The number of guanidine groups is 1. The summed E-state index contributed by atoms with van der Waals surface area (Å²) < 4.78 is 10.0. The monoisotopic (exact) mass is 374 g/mol. The lowest BCUT2D eigenvalue weighted by Crippen LogP contribution is -2.40. The average Bonchev–Trinajstić information content (AvgIpc) is 2.59. The fourth-order valence-electron chi connectivity index (χ4n) is 1.88. The lowest BCUT2D eigenvalue weighted by Gasteiger charge is -2.24. The van der Waals surface area contributed by atoms with E-state index in [1.165, 1.54) is 6.92 Å². The first-order chi connectivity index (χ1) is 12.1. The Labute approximate surface area is 155 Å². The maximum Gasteiger partial charge on any atom is 0.407 e. The van der Waals surface area contributed by atoms with Crippen molar-refractivity contribution < 1.29 is 24.2 Å². The molecule has 0 bridgehead atoms. The van der Waals surface area contributed by atoms with Crippen molar-refractivity contribution in [1.29, 1.82) is 0 Å². The van der Waals surface area contributed by atoms with Crippen molar-refractivity contribution in [2.45, 2.75) is 40.5 Å². The standard InChI is InChI=1S/C17H34N4O5/c1-12(2)13(3)6-5-7-21-16(24)26-11-17(4,10-22)14(23)25-9-8-20-15(18)19/h12-13,22H,5-11H2,1-4H3,(H,21,24)(H4,18,19,20)/t13-,17?/m1/s1. The Balaban J connectivity index is 4.17. The third kappa shape index (κ3) is 10.1. The topological polar surface area (TPSA) is 149 Å². The predicted molar refractivity (Wildman–Crippen MR) is 99.4 cm³/mol. The molecule has 0 aliphatic heterocycles. The summed E-state index contributed by atoms with van der Waals surface area (Å²) in [4.78, 5) is 27.5. The molecule has 0 saturated heterocycles. The van der Waals surface area contributed by atoms with E-state index in [1.54, 1.807) is 0 Å². The van der Waals surface area contributed by atoms with Crippen molar-refractivity contribution in [3.8, 4) is 0 Å². The lowest BCUT2D eigenvalue weighted by molar-refractivity contribution is -0.159. The van der Waals surface area contributed by atoms with E-state index in [-0.39, 0.29) is 25.7 Å². The molecule has 0 aromatic carbocycles. The smallest absolute Gasteiger partial charge is 0.407 e. The van der Waals surface area contributed by atoms with E-state index >= 15 is 0 Å². The molecule has 0 radical (unpaired) electrons. The van der Waals surface area contributed by atoms with Crippen LogP contribution in [-0.4, -0.2) is 56.0 Å². The number of aliphatic imine (C=N–C) groups is 1. The third-order valence-corrected chi connectivity index (χ3v) is 4.23. The molecule has 0 spiro atoms. The minimum Gasteiger partial charge on any atom is -0.463 e. The second-order valence-corrected chi connectivity index (χ2v) is 7.03. The van der Waals surface area contributed by atoms with Crippen molar-refractivity contribution >= 4 is 18.0 Å². The molecule has 0 rings (SSSR count). The van der Waals surface area contributed by atoms with E-state index in [4.69, 9.17) is 20.9 Å². The number of nitrogens with one attached hydrogen (secondary N) is 1. The third-order valence-electron chi connectivity index (χ3n) is 4.23. The number of aliphatic hydroxyl groups is 1. The molecule has 0 heterocycles. The van der Waals surface area contributed by atoms with Crippen LogP contribution in [0.4, 0.5) is 4.79 Å². The predicted octanol–water partition coefficient (Wildman–Crippen LogP) is 0.600. The van der Waals surface area contributed by atoms with Crippen LogP contribution in [0.3, 0.4) is 0 Å². The Hall–Kier alpha value is -2.03. The first-order valence-electron chi connectivity index (χ1n) is 8.86. The number of alkyl carbamates (subject to hydrolysis) is 1. The molecule has 2 atom stereocenters. The molecule has 0 fully saturated rings. The van der Waals surface area contributed by atoms with Crippen LogP contribution >= 0.6 is 0 Å². The largest absolute Gasteiger partial charge is 0.463 e. The molecular weight excluding hydrogens is 340 g/mol. The van der Waals surface area contributed by atoms with Gasteiger partial charge in [0.1, 0.15) is 18.6 Å². The van der Waals surface area contributed by atoms with Crippen LogP contribution in [0.2, 0.25) is 0 Å². The van der Waals surface area contributed by atoms with Crippen molar-refractivity contribution in [3.05, 3.63) is 0 Å². The summed E-state index contributed by atoms with van der Waals surface area (Å²) in [6, 6.07) is 0. The summed E-state index contributed by atoms with van der Waals surface area (Å²) in [5.41, 5.74) is 8.99. The Morgan fingerprint density at radius 1 is 1.23 bits per heavy atom. The highest BCUT2D eigenvalue weighted by Crippen LogP contribution is 2.18. The molecule has 0 aliphatic rings. The first-order valence-corrected chi connectivity index (χ1v) is 8.86. The number of hydrogen-bond acceptors (Lipinski definition) is 6. The van der Waals surface area contributed by atoms with Gasteiger partial charge < -0.3 is 31.4 Å². The molecule has 6 N–H and O–H groups in total. The zero-order chi connectivity index (χ0) is 20.2. The number of aliphatic hydroxyl groups excluding tert-OH is 1. The molecule has 1 unspecified atom stereocenters. The Morgan fingerprint density at radius 3 is 2.42 bits per heavy atom. The van der Waals surface area contributed by atoms with E-state index < -0.39 is 24.1 Å².